The van der Waals surface area contributed by atoms with Gasteiger partial charge in [-0.15, -0.1) is 0 Å². The van der Waals surface area contributed by atoms with Crippen LogP contribution in [0, 0.1) is 6.92 Å². The highest BCUT2D eigenvalue weighted by Gasteiger charge is 2.17. The topological polar surface area (TPSA) is 68.5 Å². The second-order valence-electron chi connectivity index (χ2n) is 7.26. The Labute approximate surface area is 175 Å². The molecule has 0 bridgehead atoms. The van der Waals surface area contributed by atoms with Gasteiger partial charge in [0.2, 0.25) is 11.7 Å². The summed E-state index contributed by atoms with van der Waals surface area (Å²) < 4.78 is 11.1. The highest BCUT2D eigenvalue weighted by atomic mass is 35.5. The summed E-state index contributed by atoms with van der Waals surface area (Å²) in [6, 6.07) is 13.2. The zero-order chi connectivity index (χ0) is 21.0. The quantitative estimate of drug-likeness (QED) is 0.553. The number of carbonyl (C=O) groups is 1. The zero-order valence-corrected chi connectivity index (χ0v) is 17.7. The summed E-state index contributed by atoms with van der Waals surface area (Å²) in [5.74, 6) is 1.64. The molecule has 0 aliphatic carbocycles. The van der Waals surface area contributed by atoms with E-state index in [0.29, 0.717) is 22.7 Å². The van der Waals surface area contributed by atoms with Crippen LogP contribution >= 0.6 is 11.6 Å². The van der Waals surface area contributed by atoms with Crippen molar-refractivity contribution in [2.75, 3.05) is 13.7 Å². The molecule has 1 heterocycles. The number of amides is 1. The molecule has 29 heavy (non-hydrogen) atoms. The van der Waals surface area contributed by atoms with Crippen LogP contribution in [-0.4, -0.2) is 34.6 Å². The smallest absolute Gasteiger partial charge is 0.260 e. The third-order valence-electron chi connectivity index (χ3n) is 4.49. The van der Waals surface area contributed by atoms with Crippen LogP contribution in [0.2, 0.25) is 5.02 Å². The lowest BCUT2D eigenvalue weighted by atomic mass is 10.0. The number of hydrogen-bond acceptors (Lipinski definition) is 5. The van der Waals surface area contributed by atoms with Gasteiger partial charge in [-0.2, -0.15) is 4.98 Å². The average Bonchev–Trinajstić information content (AvgIpc) is 3.14. The number of aryl methyl sites for hydroxylation is 1. The Kier molecular flexibility index (Phi) is 6.54. The van der Waals surface area contributed by atoms with Crippen molar-refractivity contribution in [2.45, 2.75) is 33.2 Å². The van der Waals surface area contributed by atoms with E-state index in [-0.39, 0.29) is 19.1 Å². The first-order valence-electron chi connectivity index (χ1n) is 9.39. The van der Waals surface area contributed by atoms with E-state index >= 15 is 0 Å². The summed E-state index contributed by atoms with van der Waals surface area (Å²) in [6.45, 7) is 6.32. The summed E-state index contributed by atoms with van der Waals surface area (Å²) in [5.41, 5.74) is 2.92. The van der Waals surface area contributed by atoms with Gasteiger partial charge in [-0.05, 0) is 42.2 Å². The molecule has 1 aromatic heterocycles. The number of ether oxygens (including phenoxy) is 1. The number of likely N-dealkylation sites (N-methyl/N-ethyl adjacent to an activating group) is 1. The second-order valence-corrected chi connectivity index (χ2v) is 7.69. The van der Waals surface area contributed by atoms with Crippen molar-refractivity contribution in [3.05, 3.63) is 64.5 Å². The molecule has 3 aromatic rings. The third-order valence-corrected chi connectivity index (χ3v) is 4.73. The standard InChI is InChI=1S/C22H24ClN3O3/c1-14(2)18-9-8-15(3)10-19(18)28-13-21(27)26(4)12-20-24-22(25-29-20)16-6-5-7-17(23)11-16/h5-11,14H,12-13H2,1-4H3. The monoisotopic (exact) mass is 413 g/mol. The van der Waals surface area contributed by atoms with Crippen molar-refractivity contribution >= 4 is 17.5 Å². The summed E-state index contributed by atoms with van der Waals surface area (Å²) in [5, 5.41) is 4.55. The lowest BCUT2D eigenvalue weighted by Crippen LogP contribution is -2.31. The Morgan fingerprint density at radius 1 is 1.24 bits per heavy atom. The lowest BCUT2D eigenvalue weighted by Gasteiger charge is -2.18. The number of rotatable bonds is 7. The van der Waals surface area contributed by atoms with E-state index in [1.54, 1.807) is 19.2 Å². The van der Waals surface area contributed by atoms with Gasteiger partial charge in [0.25, 0.3) is 5.91 Å². The molecular formula is C22H24ClN3O3. The Morgan fingerprint density at radius 2 is 2.03 bits per heavy atom. The van der Waals surface area contributed by atoms with Crippen LogP contribution in [0.5, 0.6) is 5.75 Å². The summed E-state index contributed by atoms with van der Waals surface area (Å²) in [6.07, 6.45) is 0. The van der Waals surface area contributed by atoms with Gasteiger partial charge in [0.05, 0.1) is 6.54 Å². The van der Waals surface area contributed by atoms with E-state index in [1.165, 1.54) is 4.90 Å². The Bertz CT molecular complexity index is 1000. The maximum absolute atomic E-state index is 12.5. The first-order valence-corrected chi connectivity index (χ1v) is 9.77. The molecule has 0 saturated heterocycles. The molecule has 0 radical (unpaired) electrons. The van der Waals surface area contributed by atoms with Crippen LogP contribution in [0.15, 0.2) is 47.0 Å². The molecular weight excluding hydrogens is 390 g/mol. The minimum absolute atomic E-state index is 0.0606. The molecule has 0 unspecified atom stereocenters. The maximum Gasteiger partial charge on any atom is 0.260 e. The lowest BCUT2D eigenvalue weighted by molar-refractivity contribution is -0.132. The van der Waals surface area contributed by atoms with Gasteiger partial charge in [-0.3, -0.25) is 4.79 Å². The normalized spacial score (nSPS) is 11.0. The third kappa shape index (κ3) is 5.35. The van der Waals surface area contributed by atoms with Gasteiger partial charge in [0.15, 0.2) is 6.61 Å². The highest BCUT2D eigenvalue weighted by molar-refractivity contribution is 6.30. The second kappa shape index (κ2) is 9.09. The SMILES string of the molecule is Cc1ccc(C(C)C)c(OCC(=O)N(C)Cc2nc(-c3cccc(Cl)c3)no2)c1. The van der Waals surface area contributed by atoms with E-state index in [0.717, 1.165) is 22.4 Å². The molecule has 2 aromatic carbocycles. The summed E-state index contributed by atoms with van der Waals surface area (Å²) >= 11 is 6.00. The van der Waals surface area contributed by atoms with Crippen molar-refractivity contribution in [3.8, 4) is 17.1 Å². The fourth-order valence-corrected chi connectivity index (χ4v) is 3.04. The van der Waals surface area contributed by atoms with E-state index in [1.807, 2.05) is 37.3 Å². The van der Waals surface area contributed by atoms with Gasteiger partial charge in [0, 0.05) is 17.6 Å². The Morgan fingerprint density at radius 3 is 2.76 bits per heavy atom. The van der Waals surface area contributed by atoms with Crippen LogP contribution < -0.4 is 4.74 Å². The van der Waals surface area contributed by atoms with E-state index in [9.17, 15) is 4.79 Å². The predicted molar refractivity (Wildman–Crippen MR) is 112 cm³/mol. The summed E-state index contributed by atoms with van der Waals surface area (Å²) in [7, 11) is 1.68. The van der Waals surface area contributed by atoms with E-state index in [2.05, 4.69) is 24.0 Å². The summed E-state index contributed by atoms with van der Waals surface area (Å²) in [4.78, 5) is 18.3. The van der Waals surface area contributed by atoms with Gasteiger partial charge in [0.1, 0.15) is 5.75 Å². The van der Waals surface area contributed by atoms with E-state index < -0.39 is 0 Å². The fraction of sp³-hybridized carbons (Fsp3) is 0.318. The molecule has 0 fully saturated rings. The van der Waals surface area contributed by atoms with Crippen molar-refractivity contribution in [1.29, 1.82) is 0 Å². The van der Waals surface area contributed by atoms with Crippen LogP contribution in [0.4, 0.5) is 0 Å². The van der Waals surface area contributed by atoms with Crippen LogP contribution in [0.25, 0.3) is 11.4 Å². The molecule has 0 aliphatic heterocycles. The molecule has 0 atom stereocenters. The largest absolute Gasteiger partial charge is 0.483 e. The van der Waals surface area contributed by atoms with Gasteiger partial charge in [-0.25, -0.2) is 0 Å². The number of halogens is 1. The Hall–Kier alpha value is -2.86. The van der Waals surface area contributed by atoms with Crippen molar-refractivity contribution < 1.29 is 14.1 Å². The number of hydrogen-bond donors (Lipinski definition) is 0. The highest BCUT2D eigenvalue weighted by Crippen LogP contribution is 2.27. The number of aromatic nitrogens is 2. The van der Waals surface area contributed by atoms with Crippen molar-refractivity contribution in [2.24, 2.45) is 0 Å². The molecule has 0 aliphatic rings. The van der Waals surface area contributed by atoms with Crippen LogP contribution in [0.1, 0.15) is 36.8 Å². The fourth-order valence-electron chi connectivity index (χ4n) is 2.85. The van der Waals surface area contributed by atoms with Gasteiger partial charge in [-0.1, -0.05) is 54.9 Å². The van der Waals surface area contributed by atoms with Crippen LogP contribution in [0.3, 0.4) is 0 Å². The average molecular weight is 414 g/mol. The Balaban J connectivity index is 1.61. The molecule has 0 N–H and O–H groups in total. The van der Waals surface area contributed by atoms with Gasteiger partial charge >= 0.3 is 0 Å². The first-order chi connectivity index (χ1) is 13.8. The molecule has 7 heteroatoms. The minimum Gasteiger partial charge on any atom is -0.483 e. The molecule has 152 valence electrons. The van der Waals surface area contributed by atoms with Crippen molar-refractivity contribution in [1.82, 2.24) is 15.0 Å². The van der Waals surface area contributed by atoms with Gasteiger partial charge < -0.3 is 14.2 Å². The maximum atomic E-state index is 12.5. The number of nitrogens with zero attached hydrogens (tertiary/aromatic N) is 3. The number of carbonyl (C=O) groups excluding carboxylic acids is 1. The van der Waals surface area contributed by atoms with Crippen molar-refractivity contribution in [3.63, 3.8) is 0 Å². The molecule has 1 amide bonds. The first kappa shape index (κ1) is 20.9. The zero-order valence-electron chi connectivity index (χ0n) is 17.0. The number of benzene rings is 2. The van der Waals surface area contributed by atoms with E-state index in [4.69, 9.17) is 20.9 Å². The molecule has 0 saturated carbocycles. The van der Waals surface area contributed by atoms with Crippen LogP contribution in [-0.2, 0) is 11.3 Å². The molecule has 3 rings (SSSR count). The minimum atomic E-state index is -0.177. The molecule has 6 nitrogen and oxygen atoms in total. The molecule has 0 spiro atoms. The predicted octanol–water partition coefficient (Wildman–Crippen LogP) is 4.86.